The van der Waals surface area contributed by atoms with E-state index in [2.05, 4.69) is 5.32 Å². The Morgan fingerprint density at radius 2 is 1.72 bits per heavy atom. The first-order chi connectivity index (χ1) is 13.9. The van der Waals surface area contributed by atoms with Gasteiger partial charge in [0.05, 0.1) is 11.0 Å². The minimum atomic E-state index is -1.03. The fourth-order valence-corrected chi connectivity index (χ4v) is 2.86. The third-order valence-electron chi connectivity index (χ3n) is 4.13. The summed E-state index contributed by atoms with van der Waals surface area (Å²) < 4.78 is 19.0. The zero-order chi connectivity index (χ0) is 20.8. The maximum absolute atomic E-state index is 13.7. The summed E-state index contributed by atoms with van der Waals surface area (Å²) in [6.45, 7) is -0.381. The Labute approximate surface area is 171 Å². The predicted octanol–water partition coefficient (Wildman–Crippen LogP) is 4.67. The van der Waals surface area contributed by atoms with E-state index in [0.717, 1.165) is 23.3 Å². The lowest BCUT2D eigenvalue weighted by atomic mass is 9.99. The Bertz CT molecular complexity index is 1010. The molecule has 0 aromatic heterocycles. The minimum absolute atomic E-state index is 0.0194. The summed E-state index contributed by atoms with van der Waals surface area (Å²) in [4.78, 5) is 22.3. The quantitative estimate of drug-likeness (QED) is 0.450. The number of nitrogens with one attached hydrogen (secondary N) is 1. The van der Waals surface area contributed by atoms with Gasteiger partial charge in [0.2, 0.25) is 5.82 Å². The van der Waals surface area contributed by atoms with Gasteiger partial charge in [0.25, 0.3) is 5.91 Å². The average molecular weight is 415 g/mol. The van der Waals surface area contributed by atoms with Crippen LogP contribution in [-0.4, -0.2) is 17.4 Å². The number of carbonyl (C=O) groups excluding carboxylic acids is 1. The normalized spacial score (nSPS) is 11.5. The molecular weight excluding hydrogens is 399 g/mol. The van der Waals surface area contributed by atoms with Crippen LogP contribution in [0.2, 0.25) is 5.02 Å². The van der Waals surface area contributed by atoms with Crippen molar-refractivity contribution in [3.63, 3.8) is 0 Å². The smallest absolute Gasteiger partial charge is 0.305 e. The summed E-state index contributed by atoms with van der Waals surface area (Å²) in [5, 5.41) is 14.1. The van der Waals surface area contributed by atoms with Crippen molar-refractivity contribution in [2.45, 2.75) is 6.04 Å². The number of benzene rings is 3. The number of nitrogens with zero attached hydrogens (tertiary/aromatic N) is 1. The molecule has 0 bridgehead atoms. The second-order valence-corrected chi connectivity index (χ2v) is 6.56. The van der Waals surface area contributed by atoms with Crippen LogP contribution >= 0.6 is 11.6 Å². The van der Waals surface area contributed by atoms with Gasteiger partial charge in [-0.25, -0.2) is 0 Å². The first kappa shape index (κ1) is 20.3. The third kappa shape index (κ3) is 5.30. The lowest BCUT2D eigenvalue weighted by molar-refractivity contribution is -0.387. The van der Waals surface area contributed by atoms with Crippen LogP contribution in [0, 0.1) is 15.9 Å². The van der Waals surface area contributed by atoms with E-state index >= 15 is 0 Å². The second-order valence-electron chi connectivity index (χ2n) is 6.12. The van der Waals surface area contributed by atoms with E-state index in [9.17, 15) is 19.3 Å². The second kappa shape index (κ2) is 9.16. The molecule has 3 rings (SSSR count). The van der Waals surface area contributed by atoms with Crippen molar-refractivity contribution < 1.29 is 18.8 Å². The first-order valence-corrected chi connectivity index (χ1v) is 8.98. The molecule has 3 aromatic carbocycles. The molecule has 0 radical (unpaired) electrons. The molecule has 0 aliphatic rings. The molecule has 0 saturated heterocycles. The number of halogens is 2. The zero-order valence-electron chi connectivity index (χ0n) is 15.0. The van der Waals surface area contributed by atoms with Crippen LogP contribution < -0.4 is 10.1 Å². The number of carbonyl (C=O) groups is 1. The predicted molar refractivity (Wildman–Crippen MR) is 106 cm³/mol. The maximum atomic E-state index is 13.7. The van der Waals surface area contributed by atoms with Crippen molar-refractivity contribution in [3.05, 3.63) is 105 Å². The largest absolute Gasteiger partial charge is 0.484 e. The number of nitro benzene ring substituents is 1. The molecule has 0 heterocycles. The Kier molecular flexibility index (Phi) is 6.41. The Balaban J connectivity index is 1.71. The summed E-state index contributed by atoms with van der Waals surface area (Å²) in [7, 11) is 0. The highest BCUT2D eigenvalue weighted by molar-refractivity contribution is 6.30. The molecule has 0 aliphatic carbocycles. The van der Waals surface area contributed by atoms with Crippen molar-refractivity contribution in [1.29, 1.82) is 0 Å². The molecule has 0 fully saturated rings. The van der Waals surface area contributed by atoms with Gasteiger partial charge in [0.1, 0.15) is 5.75 Å². The first-order valence-electron chi connectivity index (χ1n) is 8.60. The highest BCUT2D eigenvalue weighted by atomic mass is 35.5. The van der Waals surface area contributed by atoms with Crippen LogP contribution in [0.15, 0.2) is 72.8 Å². The molecule has 0 spiro atoms. The van der Waals surface area contributed by atoms with E-state index in [1.54, 1.807) is 12.1 Å². The monoisotopic (exact) mass is 414 g/mol. The fraction of sp³-hybridized carbons (Fsp3) is 0.0952. The molecule has 3 aromatic rings. The molecule has 0 saturated carbocycles. The van der Waals surface area contributed by atoms with Crippen LogP contribution in [0.1, 0.15) is 17.2 Å². The van der Waals surface area contributed by atoms with Crippen molar-refractivity contribution in [1.82, 2.24) is 5.32 Å². The van der Waals surface area contributed by atoms with Gasteiger partial charge in [-0.2, -0.15) is 4.39 Å². The maximum Gasteiger partial charge on any atom is 0.305 e. The number of hydrogen-bond donors (Lipinski definition) is 1. The lowest BCUT2D eigenvalue weighted by Gasteiger charge is -2.20. The van der Waals surface area contributed by atoms with Gasteiger partial charge in [-0.1, -0.05) is 54.1 Å². The molecular formula is C21H16ClFN2O4. The standard InChI is InChI=1S/C21H16ClFN2O4/c22-16-8-6-15(7-9-16)21(14-4-2-1-3-5-14)24-20(26)13-29-17-10-11-19(25(27)28)18(23)12-17/h1-12,21H,13H2,(H,24,26). The molecule has 0 aliphatic heterocycles. The molecule has 1 amide bonds. The van der Waals surface area contributed by atoms with Gasteiger partial charge in [0.15, 0.2) is 6.61 Å². The van der Waals surface area contributed by atoms with Crippen LogP contribution in [0.25, 0.3) is 0 Å². The molecule has 6 nitrogen and oxygen atoms in total. The Morgan fingerprint density at radius 1 is 1.07 bits per heavy atom. The van der Waals surface area contributed by atoms with E-state index in [0.29, 0.717) is 5.02 Å². The van der Waals surface area contributed by atoms with E-state index in [4.69, 9.17) is 16.3 Å². The third-order valence-corrected chi connectivity index (χ3v) is 4.38. The molecule has 29 heavy (non-hydrogen) atoms. The summed E-state index contributed by atoms with van der Waals surface area (Å²) in [5.74, 6) is -1.45. The number of nitro groups is 1. The van der Waals surface area contributed by atoms with E-state index in [1.165, 1.54) is 6.07 Å². The van der Waals surface area contributed by atoms with Crippen molar-refractivity contribution >= 4 is 23.2 Å². The van der Waals surface area contributed by atoms with Gasteiger partial charge in [0, 0.05) is 17.2 Å². The van der Waals surface area contributed by atoms with Gasteiger partial charge in [-0.15, -0.1) is 0 Å². The molecule has 1 N–H and O–H groups in total. The molecule has 8 heteroatoms. The van der Waals surface area contributed by atoms with Crippen LogP contribution in [-0.2, 0) is 4.79 Å². The SMILES string of the molecule is O=C(COc1ccc([N+](=O)[O-])c(F)c1)NC(c1ccccc1)c1ccc(Cl)cc1. The summed E-state index contributed by atoms with van der Waals surface area (Å²) in [6.07, 6.45) is 0. The van der Waals surface area contributed by atoms with Crippen LogP contribution in [0.3, 0.4) is 0 Å². The van der Waals surface area contributed by atoms with Crippen molar-refractivity contribution in [3.8, 4) is 5.75 Å². The Hall–Kier alpha value is -3.45. The molecule has 1 atom stereocenters. The lowest BCUT2D eigenvalue weighted by Crippen LogP contribution is -2.33. The van der Waals surface area contributed by atoms with Gasteiger partial charge < -0.3 is 10.1 Å². The number of amides is 1. The Morgan fingerprint density at radius 3 is 2.34 bits per heavy atom. The van der Waals surface area contributed by atoms with Crippen LogP contribution in [0.4, 0.5) is 10.1 Å². The summed E-state index contributed by atoms with van der Waals surface area (Å²) in [5.41, 5.74) is 1.04. The van der Waals surface area contributed by atoms with Gasteiger partial charge in [-0.3, -0.25) is 14.9 Å². The molecule has 148 valence electrons. The topological polar surface area (TPSA) is 81.5 Å². The molecule has 1 unspecified atom stereocenters. The van der Waals surface area contributed by atoms with E-state index in [-0.39, 0.29) is 12.4 Å². The van der Waals surface area contributed by atoms with Crippen molar-refractivity contribution in [2.24, 2.45) is 0 Å². The fourth-order valence-electron chi connectivity index (χ4n) is 2.74. The summed E-state index contributed by atoms with van der Waals surface area (Å²) in [6, 6.07) is 19.1. The van der Waals surface area contributed by atoms with Gasteiger partial charge in [-0.05, 0) is 29.3 Å². The zero-order valence-corrected chi connectivity index (χ0v) is 15.8. The van der Waals surface area contributed by atoms with Crippen molar-refractivity contribution in [2.75, 3.05) is 6.61 Å². The number of hydrogen-bond acceptors (Lipinski definition) is 4. The van der Waals surface area contributed by atoms with E-state index < -0.39 is 28.4 Å². The minimum Gasteiger partial charge on any atom is -0.484 e. The highest BCUT2D eigenvalue weighted by Crippen LogP contribution is 2.24. The van der Waals surface area contributed by atoms with Gasteiger partial charge >= 0.3 is 5.69 Å². The van der Waals surface area contributed by atoms with Crippen LogP contribution in [0.5, 0.6) is 5.75 Å². The summed E-state index contributed by atoms with van der Waals surface area (Å²) >= 11 is 5.95. The highest BCUT2D eigenvalue weighted by Gasteiger charge is 2.18. The number of ether oxygens (including phenoxy) is 1. The number of rotatable bonds is 7. The average Bonchev–Trinajstić information content (AvgIpc) is 2.71. The van der Waals surface area contributed by atoms with E-state index in [1.807, 2.05) is 42.5 Å².